The van der Waals surface area contributed by atoms with E-state index in [0.29, 0.717) is 19.1 Å². The number of thiophene rings is 1. The van der Waals surface area contributed by atoms with E-state index in [4.69, 9.17) is 0 Å². The van der Waals surface area contributed by atoms with Crippen LogP contribution in [0.15, 0.2) is 54.0 Å². The molecule has 1 aliphatic rings. The van der Waals surface area contributed by atoms with Crippen LogP contribution in [-0.4, -0.2) is 34.2 Å². The summed E-state index contributed by atoms with van der Waals surface area (Å²) >= 11 is 1.69. The minimum Gasteiger partial charge on any atom is -0.310 e. The molecule has 1 unspecified atom stereocenters. The third-order valence-corrected chi connectivity index (χ3v) is 5.76. The molecule has 1 aromatic carbocycles. The van der Waals surface area contributed by atoms with Gasteiger partial charge in [0.15, 0.2) is 0 Å². The van der Waals surface area contributed by atoms with Crippen molar-refractivity contribution in [3.8, 4) is 0 Å². The molecular weight excluding hydrogens is 344 g/mol. The summed E-state index contributed by atoms with van der Waals surface area (Å²) in [6.07, 6.45) is 3.87. The zero-order valence-electron chi connectivity index (χ0n) is 14.8. The summed E-state index contributed by atoms with van der Waals surface area (Å²) in [6, 6.07) is 14.8. The summed E-state index contributed by atoms with van der Waals surface area (Å²) < 4.78 is 1.83. The second-order valence-electron chi connectivity index (χ2n) is 6.67. The van der Waals surface area contributed by atoms with Gasteiger partial charge in [-0.05, 0) is 42.5 Å². The Hall–Kier alpha value is -2.44. The molecule has 0 saturated carbocycles. The number of nitrogens with one attached hydrogen (secondary N) is 1. The first-order chi connectivity index (χ1) is 12.7. The van der Waals surface area contributed by atoms with Crippen molar-refractivity contribution in [3.63, 3.8) is 0 Å². The second kappa shape index (κ2) is 7.43. The lowest BCUT2D eigenvalue weighted by Crippen LogP contribution is -2.33. The van der Waals surface area contributed by atoms with Gasteiger partial charge in [0.25, 0.3) is 0 Å². The molecule has 1 aliphatic carbocycles. The van der Waals surface area contributed by atoms with Crippen LogP contribution in [0.2, 0.25) is 0 Å². The van der Waals surface area contributed by atoms with Crippen LogP contribution < -0.4 is 5.32 Å². The van der Waals surface area contributed by atoms with Crippen molar-refractivity contribution in [2.75, 3.05) is 18.9 Å². The quantitative estimate of drug-likeness (QED) is 0.726. The third-order valence-electron chi connectivity index (χ3n) is 4.90. The summed E-state index contributed by atoms with van der Waals surface area (Å²) in [6.45, 7) is 1.04. The fraction of sp³-hybridized carbons (Fsp3) is 0.300. The highest BCUT2D eigenvalue weighted by atomic mass is 32.1. The van der Waals surface area contributed by atoms with Crippen molar-refractivity contribution >= 4 is 23.1 Å². The normalized spacial score (nSPS) is 16.0. The van der Waals surface area contributed by atoms with E-state index < -0.39 is 0 Å². The number of fused-ring (bicyclic) bond motifs is 1. The number of nitrogens with zero attached hydrogens (tertiary/aromatic N) is 3. The van der Waals surface area contributed by atoms with E-state index in [1.54, 1.807) is 17.5 Å². The highest BCUT2D eigenvalue weighted by Gasteiger charge is 2.26. The van der Waals surface area contributed by atoms with Gasteiger partial charge in [0.1, 0.15) is 5.82 Å². The number of hydrogen-bond donors (Lipinski definition) is 1. The van der Waals surface area contributed by atoms with Gasteiger partial charge in [-0.3, -0.25) is 9.69 Å². The van der Waals surface area contributed by atoms with E-state index in [-0.39, 0.29) is 5.91 Å². The molecule has 2 heterocycles. The molecule has 0 fully saturated rings. The Bertz CT molecular complexity index is 887. The Kier molecular flexibility index (Phi) is 4.86. The largest absolute Gasteiger partial charge is 0.310 e. The highest BCUT2D eigenvalue weighted by molar-refractivity contribution is 7.09. The van der Waals surface area contributed by atoms with E-state index in [9.17, 15) is 4.79 Å². The Morgan fingerprint density at radius 2 is 2.19 bits per heavy atom. The maximum Gasteiger partial charge on any atom is 0.239 e. The number of rotatable bonds is 6. The molecule has 0 radical (unpaired) electrons. The summed E-state index contributed by atoms with van der Waals surface area (Å²) in [5, 5.41) is 9.38. The standard InChI is InChI=1S/C20H22N4OS/c1-23(18-9-8-15-5-2-3-7-17(15)18)14-20(25)22-19-10-11-21-24(19)13-16-6-4-12-26-16/h2-7,10-12,18H,8-9,13-14H2,1H3,(H,22,25). The molecule has 1 amide bonds. The van der Waals surface area contributed by atoms with Crippen LogP contribution in [0.4, 0.5) is 5.82 Å². The molecule has 3 aromatic rings. The lowest BCUT2D eigenvalue weighted by atomic mass is 10.1. The van der Waals surface area contributed by atoms with Gasteiger partial charge >= 0.3 is 0 Å². The average Bonchev–Trinajstić information content (AvgIpc) is 3.37. The predicted octanol–water partition coefficient (Wildman–Crippen LogP) is 3.55. The maximum atomic E-state index is 12.6. The number of carbonyl (C=O) groups is 1. The van der Waals surface area contributed by atoms with Gasteiger partial charge in [-0.1, -0.05) is 30.3 Å². The highest BCUT2D eigenvalue weighted by Crippen LogP contribution is 2.34. The minimum atomic E-state index is -0.00943. The summed E-state index contributed by atoms with van der Waals surface area (Å²) in [7, 11) is 2.02. The van der Waals surface area contributed by atoms with Crippen LogP contribution in [0.3, 0.4) is 0 Å². The van der Waals surface area contributed by atoms with E-state index >= 15 is 0 Å². The Morgan fingerprint density at radius 3 is 3.04 bits per heavy atom. The van der Waals surface area contributed by atoms with E-state index in [2.05, 4.69) is 45.6 Å². The number of benzene rings is 1. The topological polar surface area (TPSA) is 50.2 Å². The Labute approximate surface area is 157 Å². The number of carbonyl (C=O) groups excluding carboxylic acids is 1. The van der Waals surface area contributed by atoms with Crippen LogP contribution >= 0.6 is 11.3 Å². The number of likely N-dealkylation sites (N-methyl/N-ethyl adjacent to an activating group) is 1. The molecular formula is C20H22N4OS. The predicted molar refractivity (Wildman–Crippen MR) is 104 cm³/mol. The van der Waals surface area contributed by atoms with E-state index in [1.165, 1.54) is 16.0 Å². The molecule has 0 bridgehead atoms. The number of aryl methyl sites for hydroxylation is 1. The fourth-order valence-corrected chi connectivity index (χ4v) is 4.31. The van der Waals surface area contributed by atoms with Crippen molar-refractivity contribution in [1.29, 1.82) is 0 Å². The van der Waals surface area contributed by atoms with Crippen molar-refractivity contribution < 1.29 is 4.79 Å². The van der Waals surface area contributed by atoms with E-state index in [1.807, 2.05) is 29.2 Å². The van der Waals surface area contributed by atoms with Crippen molar-refractivity contribution in [2.24, 2.45) is 0 Å². The number of aromatic nitrogens is 2. The van der Waals surface area contributed by atoms with Gasteiger partial charge in [-0.2, -0.15) is 5.10 Å². The monoisotopic (exact) mass is 366 g/mol. The van der Waals surface area contributed by atoms with Gasteiger partial charge in [0, 0.05) is 17.0 Å². The maximum absolute atomic E-state index is 12.6. The molecule has 4 rings (SSSR count). The second-order valence-corrected chi connectivity index (χ2v) is 7.70. The van der Waals surface area contributed by atoms with Crippen molar-refractivity contribution in [2.45, 2.75) is 25.4 Å². The van der Waals surface area contributed by atoms with Gasteiger partial charge in [-0.15, -0.1) is 11.3 Å². The summed E-state index contributed by atoms with van der Waals surface area (Å²) in [4.78, 5) is 15.9. The smallest absolute Gasteiger partial charge is 0.239 e. The fourth-order valence-electron chi connectivity index (χ4n) is 3.63. The lowest BCUT2D eigenvalue weighted by molar-refractivity contribution is -0.117. The van der Waals surface area contributed by atoms with Crippen molar-refractivity contribution in [3.05, 3.63) is 70.0 Å². The molecule has 1 N–H and O–H groups in total. The molecule has 2 aromatic heterocycles. The van der Waals surface area contributed by atoms with Gasteiger partial charge in [0.05, 0.1) is 19.3 Å². The van der Waals surface area contributed by atoms with E-state index in [0.717, 1.165) is 18.7 Å². The van der Waals surface area contributed by atoms with Crippen LogP contribution in [0, 0.1) is 0 Å². The minimum absolute atomic E-state index is 0.00943. The molecule has 0 saturated heterocycles. The van der Waals surface area contributed by atoms with Gasteiger partial charge in [0.2, 0.25) is 5.91 Å². The van der Waals surface area contributed by atoms with Crippen molar-refractivity contribution in [1.82, 2.24) is 14.7 Å². The molecule has 26 heavy (non-hydrogen) atoms. The average molecular weight is 366 g/mol. The molecule has 5 nitrogen and oxygen atoms in total. The number of hydrogen-bond acceptors (Lipinski definition) is 4. The summed E-state index contributed by atoms with van der Waals surface area (Å²) in [5.74, 6) is 0.730. The molecule has 6 heteroatoms. The molecule has 0 aliphatic heterocycles. The Balaban J connectivity index is 1.38. The van der Waals surface area contributed by atoms with Crippen LogP contribution in [0.5, 0.6) is 0 Å². The first kappa shape index (κ1) is 17.0. The zero-order chi connectivity index (χ0) is 17.9. The van der Waals surface area contributed by atoms with Crippen LogP contribution in [-0.2, 0) is 17.8 Å². The SMILES string of the molecule is CN(CC(=O)Nc1ccnn1Cc1cccs1)C1CCc2ccccc21. The van der Waals surface area contributed by atoms with Crippen LogP contribution in [0.25, 0.3) is 0 Å². The molecule has 0 spiro atoms. The molecule has 1 atom stereocenters. The zero-order valence-corrected chi connectivity index (χ0v) is 15.6. The first-order valence-electron chi connectivity index (χ1n) is 8.83. The Morgan fingerprint density at radius 1 is 1.31 bits per heavy atom. The lowest BCUT2D eigenvalue weighted by Gasteiger charge is -2.24. The van der Waals surface area contributed by atoms with Gasteiger partial charge in [-0.25, -0.2) is 4.68 Å². The van der Waals surface area contributed by atoms with Crippen LogP contribution in [0.1, 0.15) is 28.5 Å². The third kappa shape index (κ3) is 3.57. The molecule has 134 valence electrons. The van der Waals surface area contributed by atoms with Gasteiger partial charge < -0.3 is 5.32 Å². The first-order valence-corrected chi connectivity index (χ1v) is 9.71. The number of anilines is 1. The summed E-state index contributed by atoms with van der Waals surface area (Å²) in [5.41, 5.74) is 2.75. The number of amides is 1.